The molecule has 1 amide bonds. The van der Waals surface area contributed by atoms with Crippen LogP contribution in [0.25, 0.3) is 0 Å². The van der Waals surface area contributed by atoms with E-state index >= 15 is 0 Å². The second-order valence-electron chi connectivity index (χ2n) is 4.57. The van der Waals surface area contributed by atoms with Gasteiger partial charge in [0.15, 0.2) is 0 Å². The predicted molar refractivity (Wildman–Crippen MR) is 76.6 cm³/mol. The van der Waals surface area contributed by atoms with Gasteiger partial charge in [0.25, 0.3) is 0 Å². The molecule has 4 heteroatoms. The van der Waals surface area contributed by atoms with Gasteiger partial charge in [0.1, 0.15) is 0 Å². The van der Waals surface area contributed by atoms with Gasteiger partial charge in [-0.1, -0.05) is 30.3 Å². The van der Waals surface area contributed by atoms with Gasteiger partial charge in [-0.15, -0.1) is 11.8 Å². The largest absolute Gasteiger partial charge is 0.388 e. The van der Waals surface area contributed by atoms with Crippen molar-refractivity contribution >= 4 is 17.7 Å². The normalized spacial score (nSPS) is 14.3. The maximum atomic E-state index is 11.7. The lowest BCUT2D eigenvalue weighted by molar-refractivity contribution is -0.120. The Morgan fingerprint density at radius 2 is 1.89 bits per heavy atom. The van der Waals surface area contributed by atoms with Crippen LogP contribution < -0.4 is 5.32 Å². The topological polar surface area (TPSA) is 49.3 Å². The Labute approximate surface area is 113 Å². The molecule has 3 nitrogen and oxygen atoms in total. The maximum Gasteiger partial charge on any atom is 0.233 e. The lowest BCUT2D eigenvalue weighted by Crippen LogP contribution is -2.36. The van der Waals surface area contributed by atoms with E-state index in [4.69, 9.17) is 0 Å². The van der Waals surface area contributed by atoms with Gasteiger partial charge < -0.3 is 10.4 Å². The average Bonchev–Trinajstić information content (AvgIpc) is 2.35. The quantitative estimate of drug-likeness (QED) is 0.832. The van der Waals surface area contributed by atoms with E-state index in [-0.39, 0.29) is 17.2 Å². The molecule has 0 aliphatic rings. The van der Waals surface area contributed by atoms with Crippen LogP contribution in [-0.2, 0) is 4.79 Å². The van der Waals surface area contributed by atoms with Crippen LogP contribution in [0.5, 0.6) is 0 Å². The molecule has 100 valence electrons. The van der Waals surface area contributed by atoms with Crippen molar-refractivity contribution in [2.75, 3.05) is 5.75 Å². The zero-order chi connectivity index (χ0) is 13.5. The van der Waals surface area contributed by atoms with Crippen LogP contribution in [0.2, 0.25) is 0 Å². The van der Waals surface area contributed by atoms with Crippen molar-refractivity contribution in [1.82, 2.24) is 5.32 Å². The first-order chi connectivity index (χ1) is 8.50. The minimum absolute atomic E-state index is 0.0234. The molecule has 1 aromatic carbocycles. The van der Waals surface area contributed by atoms with Crippen LogP contribution in [0, 0.1) is 0 Å². The molecule has 0 aliphatic carbocycles. The molecule has 0 aromatic heterocycles. The Bertz CT molecular complexity index is 367. The number of hydrogen-bond acceptors (Lipinski definition) is 3. The van der Waals surface area contributed by atoms with Gasteiger partial charge in [0.2, 0.25) is 5.91 Å². The van der Waals surface area contributed by atoms with Gasteiger partial charge in [0, 0.05) is 11.8 Å². The highest BCUT2D eigenvalue weighted by molar-refractivity contribution is 8.00. The van der Waals surface area contributed by atoms with E-state index in [1.165, 1.54) is 11.8 Å². The fraction of sp³-hybridized carbons (Fsp3) is 0.500. The highest BCUT2D eigenvalue weighted by Gasteiger charge is 2.16. The van der Waals surface area contributed by atoms with Crippen molar-refractivity contribution in [3.05, 3.63) is 35.9 Å². The van der Waals surface area contributed by atoms with Crippen molar-refractivity contribution in [2.45, 2.75) is 38.2 Å². The monoisotopic (exact) mass is 267 g/mol. The summed E-state index contributed by atoms with van der Waals surface area (Å²) in [6.07, 6.45) is -0.523. The summed E-state index contributed by atoms with van der Waals surface area (Å²) in [5.74, 6) is 0.548. The number of nitrogens with one attached hydrogen (secondary N) is 1. The summed E-state index contributed by atoms with van der Waals surface area (Å²) >= 11 is 1.47. The summed E-state index contributed by atoms with van der Waals surface area (Å²) in [7, 11) is 0. The van der Waals surface area contributed by atoms with Crippen molar-refractivity contribution in [1.29, 1.82) is 0 Å². The number of carbonyl (C=O) groups excluding carboxylic acids is 1. The van der Waals surface area contributed by atoms with Crippen molar-refractivity contribution in [2.24, 2.45) is 0 Å². The van der Waals surface area contributed by atoms with E-state index in [0.717, 1.165) is 5.56 Å². The summed E-state index contributed by atoms with van der Waals surface area (Å²) in [5.41, 5.74) is 0.890. The molecule has 2 unspecified atom stereocenters. The van der Waals surface area contributed by atoms with Gasteiger partial charge in [0.05, 0.1) is 11.4 Å². The zero-order valence-corrected chi connectivity index (χ0v) is 11.9. The van der Waals surface area contributed by atoms with E-state index in [2.05, 4.69) is 5.32 Å². The van der Waals surface area contributed by atoms with E-state index in [1.54, 1.807) is 0 Å². The van der Waals surface area contributed by atoms with Gasteiger partial charge in [-0.2, -0.15) is 0 Å². The van der Waals surface area contributed by atoms with E-state index in [0.29, 0.717) is 5.75 Å². The van der Waals surface area contributed by atoms with Crippen LogP contribution in [0.1, 0.15) is 32.4 Å². The summed E-state index contributed by atoms with van der Waals surface area (Å²) in [6.45, 7) is 5.74. The summed E-state index contributed by atoms with van der Waals surface area (Å²) in [4.78, 5) is 11.7. The van der Waals surface area contributed by atoms with Gasteiger partial charge in [-0.3, -0.25) is 4.79 Å². The molecule has 18 heavy (non-hydrogen) atoms. The zero-order valence-electron chi connectivity index (χ0n) is 11.1. The number of amides is 1. The molecule has 0 bridgehead atoms. The van der Waals surface area contributed by atoms with Crippen LogP contribution in [0.4, 0.5) is 0 Å². The van der Waals surface area contributed by atoms with Crippen LogP contribution in [-0.4, -0.2) is 28.1 Å². The number of rotatable bonds is 6. The van der Waals surface area contributed by atoms with Crippen LogP contribution in [0.15, 0.2) is 30.3 Å². The minimum Gasteiger partial charge on any atom is -0.388 e. The SMILES string of the molecule is CC(C)NC(=O)C(C)SCC(O)c1ccccc1. The van der Waals surface area contributed by atoms with Gasteiger partial charge in [-0.05, 0) is 26.3 Å². The average molecular weight is 267 g/mol. The molecule has 0 saturated carbocycles. The molecule has 0 fully saturated rings. The van der Waals surface area contributed by atoms with Crippen molar-refractivity contribution < 1.29 is 9.90 Å². The lowest BCUT2D eigenvalue weighted by atomic mass is 10.1. The third-order valence-electron chi connectivity index (χ3n) is 2.49. The van der Waals surface area contributed by atoms with Crippen LogP contribution in [0.3, 0.4) is 0 Å². The molecule has 0 radical (unpaired) electrons. The fourth-order valence-corrected chi connectivity index (χ4v) is 2.37. The first-order valence-electron chi connectivity index (χ1n) is 6.15. The smallest absolute Gasteiger partial charge is 0.233 e. The maximum absolute atomic E-state index is 11.7. The Morgan fingerprint density at radius 1 is 1.28 bits per heavy atom. The highest BCUT2D eigenvalue weighted by atomic mass is 32.2. The first kappa shape index (κ1) is 15.1. The summed E-state index contributed by atoms with van der Waals surface area (Å²) in [5, 5.41) is 12.7. The van der Waals surface area contributed by atoms with Gasteiger partial charge in [-0.25, -0.2) is 0 Å². The van der Waals surface area contributed by atoms with Crippen molar-refractivity contribution in [3.63, 3.8) is 0 Å². The summed E-state index contributed by atoms with van der Waals surface area (Å²) < 4.78 is 0. The second-order valence-corrected chi connectivity index (χ2v) is 5.94. The van der Waals surface area contributed by atoms with E-state index in [1.807, 2.05) is 51.1 Å². The van der Waals surface area contributed by atoms with Crippen LogP contribution >= 0.6 is 11.8 Å². The molecule has 1 aromatic rings. The molecule has 0 spiro atoms. The third kappa shape index (κ3) is 5.10. The second kappa shape index (κ2) is 7.44. The molecule has 2 N–H and O–H groups in total. The Balaban J connectivity index is 2.38. The molecule has 0 saturated heterocycles. The number of aliphatic hydroxyl groups is 1. The Morgan fingerprint density at radius 3 is 2.44 bits per heavy atom. The molecule has 1 rings (SSSR count). The number of thioether (sulfide) groups is 1. The number of hydrogen-bond donors (Lipinski definition) is 2. The first-order valence-corrected chi connectivity index (χ1v) is 7.20. The third-order valence-corrected chi connectivity index (χ3v) is 3.71. The summed E-state index contributed by atoms with van der Waals surface area (Å²) in [6, 6.07) is 9.66. The number of benzene rings is 1. The molecule has 0 heterocycles. The fourth-order valence-electron chi connectivity index (χ4n) is 1.48. The Hall–Kier alpha value is -1.00. The minimum atomic E-state index is -0.523. The highest BCUT2D eigenvalue weighted by Crippen LogP contribution is 2.21. The molecular weight excluding hydrogens is 246 g/mol. The molecular formula is C14H21NO2S. The number of carbonyl (C=O) groups is 1. The van der Waals surface area contributed by atoms with Gasteiger partial charge >= 0.3 is 0 Å². The standard InChI is InChI=1S/C14H21NO2S/c1-10(2)15-14(17)11(3)18-9-13(16)12-7-5-4-6-8-12/h4-8,10-11,13,16H,9H2,1-3H3,(H,15,17). The molecule has 0 aliphatic heterocycles. The number of aliphatic hydroxyl groups excluding tert-OH is 1. The van der Waals surface area contributed by atoms with Crippen molar-refractivity contribution in [3.8, 4) is 0 Å². The molecule has 2 atom stereocenters. The van der Waals surface area contributed by atoms with E-state index in [9.17, 15) is 9.90 Å². The lowest BCUT2D eigenvalue weighted by Gasteiger charge is -2.16. The Kier molecular flexibility index (Phi) is 6.22. The van der Waals surface area contributed by atoms with E-state index < -0.39 is 6.10 Å². The predicted octanol–water partition coefficient (Wildman–Crippen LogP) is 2.37.